The van der Waals surface area contributed by atoms with Crippen LogP contribution in [0.25, 0.3) is 0 Å². The number of nitrogens with two attached hydrogens (primary N) is 1. The van der Waals surface area contributed by atoms with E-state index >= 15 is 0 Å². The van der Waals surface area contributed by atoms with Crippen molar-refractivity contribution < 1.29 is 23.9 Å². The molecule has 0 saturated heterocycles. The summed E-state index contributed by atoms with van der Waals surface area (Å²) in [6.45, 7) is 1.49. The summed E-state index contributed by atoms with van der Waals surface area (Å²) >= 11 is 0. The van der Waals surface area contributed by atoms with E-state index in [1.54, 1.807) is 42.5 Å². The van der Waals surface area contributed by atoms with Crippen molar-refractivity contribution in [3.63, 3.8) is 0 Å². The van der Waals surface area contributed by atoms with E-state index in [0.29, 0.717) is 28.3 Å². The van der Waals surface area contributed by atoms with Gasteiger partial charge < -0.3 is 20.1 Å². The molecule has 0 aliphatic carbocycles. The summed E-state index contributed by atoms with van der Waals surface area (Å²) in [5.41, 5.74) is 7.04. The number of ketones is 1. The number of primary amides is 1. The Morgan fingerprint density at radius 1 is 1.22 bits per heavy atom. The third-order valence-corrected chi connectivity index (χ3v) is 4.42. The van der Waals surface area contributed by atoms with Gasteiger partial charge in [-0.3, -0.25) is 14.4 Å². The first-order valence-corrected chi connectivity index (χ1v) is 8.44. The monoisotopic (exact) mass is 368 g/mol. The molecule has 7 nitrogen and oxygen atoms in total. The SMILES string of the molecule is COc1ccc(C(C)=O)cc1CC(=O)N1CC(C(N)=O)Oc2ccccc21. The molecule has 3 rings (SSSR count). The fourth-order valence-corrected chi connectivity index (χ4v) is 3.01. The van der Waals surface area contributed by atoms with Crippen molar-refractivity contribution in [3.8, 4) is 11.5 Å². The molecule has 2 N–H and O–H groups in total. The molecule has 7 heteroatoms. The molecule has 0 fully saturated rings. The second-order valence-corrected chi connectivity index (χ2v) is 6.24. The molecule has 0 aromatic heterocycles. The van der Waals surface area contributed by atoms with Crippen LogP contribution in [0.4, 0.5) is 5.69 Å². The van der Waals surface area contributed by atoms with Crippen molar-refractivity contribution in [1.82, 2.24) is 0 Å². The van der Waals surface area contributed by atoms with Crippen LogP contribution in [-0.2, 0) is 16.0 Å². The van der Waals surface area contributed by atoms with Gasteiger partial charge in [-0.2, -0.15) is 0 Å². The Labute approximate surface area is 156 Å². The molecule has 0 spiro atoms. The first-order chi connectivity index (χ1) is 12.9. The Hall–Kier alpha value is -3.35. The van der Waals surface area contributed by atoms with Crippen molar-refractivity contribution in [2.75, 3.05) is 18.6 Å². The smallest absolute Gasteiger partial charge is 0.260 e. The van der Waals surface area contributed by atoms with Gasteiger partial charge in [0.25, 0.3) is 5.91 Å². The van der Waals surface area contributed by atoms with E-state index in [-0.39, 0.29) is 24.7 Å². The topological polar surface area (TPSA) is 98.9 Å². The minimum Gasteiger partial charge on any atom is -0.496 e. The summed E-state index contributed by atoms with van der Waals surface area (Å²) in [5, 5.41) is 0. The number of amides is 2. The maximum Gasteiger partial charge on any atom is 0.260 e. The van der Waals surface area contributed by atoms with Gasteiger partial charge in [0.15, 0.2) is 11.9 Å². The molecule has 0 saturated carbocycles. The largest absolute Gasteiger partial charge is 0.496 e. The average molecular weight is 368 g/mol. The zero-order valence-corrected chi connectivity index (χ0v) is 15.1. The first-order valence-electron chi connectivity index (χ1n) is 8.44. The molecule has 2 aromatic rings. The Kier molecular flexibility index (Phi) is 5.12. The molecule has 140 valence electrons. The lowest BCUT2D eigenvalue weighted by molar-refractivity contribution is -0.125. The lowest BCUT2D eigenvalue weighted by Crippen LogP contribution is -2.49. The predicted octanol–water partition coefficient (Wildman–Crippen LogP) is 1.72. The number of nitrogens with zero attached hydrogens (tertiary/aromatic N) is 1. The molecule has 1 unspecified atom stereocenters. The summed E-state index contributed by atoms with van der Waals surface area (Å²) in [7, 11) is 1.50. The van der Waals surface area contributed by atoms with Gasteiger partial charge in [0.1, 0.15) is 11.5 Å². The van der Waals surface area contributed by atoms with Gasteiger partial charge in [-0.1, -0.05) is 12.1 Å². The lowest BCUT2D eigenvalue weighted by atomic mass is 10.0. The predicted molar refractivity (Wildman–Crippen MR) is 99.1 cm³/mol. The number of carbonyl (C=O) groups is 3. The van der Waals surface area contributed by atoms with Crippen molar-refractivity contribution in [1.29, 1.82) is 0 Å². The molecule has 1 aliphatic rings. The van der Waals surface area contributed by atoms with Crippen molar-refractivity contribution in [2.45, 2.75) is 19.4 Å². The van der Waals surface area contributed by atoms with E-state index in [0.717, 1.165) is 0 Å². The van der Waals surface area contributed by atoms with Crippen LogP contribution in [0.1, 0.15) is 22.8 Å². The Balaban J connectivity index is 1.93. The van der Waals surface area contributed by atoms with Crippen molar-refractivity contribution in [3.05, 3.63) is 53.6 Å². The van der Waals surface area contributed by atoms with Crippen LogP contribution < -0.4 is 20.1 Å². The first kappa shape index (κ1) is 18.4. The molecule has 0 bridgehead atoms. The van der Waals surface area contributed by atoms with Crippen LogP contribution in [0, 0.1) is 0 Å². The Morgan fingerprint density at radius 2 is 1.96 bits per heavy atom. The van der Waals surface area contributed by atoms with Gasteiger partial charge >= 0.3 is 0 Å². The second kappa shape index (κ2) is 7.49. The quantitative estimate of drug-likeness (QED) is 0.810. The fourth-order valence-electron chi connectivity index (χ4n) is 3.01. The summed E-state index contributed by atoms with van der Waals surface area (Å²) in [4.78, 5) is 37.8. The second-order valence-electron chi connectivity index (χ2n) is 6.24. The third-order valence-electron chi connectivity index (χ3n) is 4.42. The van der Waals surface area contributed by atoms with E-state index in [1.807, 2.05) is 0 Å². The van der Waals surface area contributed by atoms with E-state index in [4.69, 9.17) is 15.2 Å². The van der Waals surface area contributed by atoms with Gasteiger partial charge in [-0.05, 0) is 37.3 Å². The number of benzene rings is 2. The van der Waals surface area contributed by atoms with Crippen molar-refractivity contribution >= 4 is 23.3 Å². The van der Waals surface area contributed by atoms with Gasteiger partial charge in [0.05, 0.1) is 25.8 Å². The number of anilines is 1. The summed E-state index contributed by atoms with van der Waals surface area (Å²) in [6, 6.07) is 11.9. The van der Waals surface area contributed by atoms with Gasteiger partial charge in [0.2, 0.25) is 5.91 Å². The number of para-hydroxylation sites is 2. The summed E-state index contributed by atoms with van der Waals surface area (Å²) in [6.07, 6.45) is -0.918. The summed E-state index contributed by atoms with van der Waals surface area (Å²) < 4.78 is 10.9. The number of rotatable bonds is 5. The standard InChI is InChI=1S/C20H20N2O5/c1-12(23)13-7-8-16(26-2)14(9-13)10-19(24)22-11-18(20(21)25)27-17-6-4-3-5-15(17)22/h3-9,18H,10-11H2,1-2H3,(H2,21,25). The minimum atomic E-state index is -0.922. The number of fused-ring (bicyclic) bond motifs is 1. The number of hydrogen-bond acceptors (Lipinski definition) is 5. The molecule has 1 atom stereocenters. The molecular formula is C20H20N2O5. The normalized spacial score (nSPS) is 15.5. The zero-order valence-electron chi connectivity index (χ0n) is 15.1. The minimum absolute atomic E-state index is 0.00408. The van der Waals surface area contributed by atoms with Gasteiger partial charge in [-0.15, -0.1) is 0 Å². The lowest BCUT2D eigenvalue weighted by Gasteiger charge is -2.33. The number of hydrogen-bond donors (Lipinski definition) is 1. The molecular weight excluding hydrogens is 348 g/mol. The zero-order chi connectivity index (χ0) is 19.6. The Morgan fingerprint density at radius 3 is 2.63 bits per heavy atom. The van der Waals surface area contributed by atoms with E-state index in [9.17, 15) is 14.4 Å². The highest BCUT2D eigenvalue weighted by atomic mass is 16.5. The maximum absolute atomic E-state index is 13.0. The molecule has 2 aromatic carbocycles. The number of Topliss-reactive ketones (excluding diaryl/α,β-unsaturated/α-hetero) is 1. The maximum atomic E-state index is 13.0. The molecule has 2 amide bonds. The van der Waals surface area contributed by atoms with E-state index < -0.39 is 12.0 Å². The number of methoxy groups -OCH3 is 1. The highest BCUT2D eigenvalue weighted by Crippen LogP contribution is 2.34. The van der Waals surface area contributed by atoms with Crippen LogP contribution in [0.3, 0.4) is 0 Å². The molecule has 0 radical (unpaired) electrons. The highest BCUT2D eigenvalue weighted by Gasteiger charge is 2.32. The van der Waals surface area contributed by atoms with Crippen LogP contribution in [0.15, 0.2) is 42.5 Å². The molecule has 1 heterocycles. The van der Waals surface area contributed by atoms with E-state index in [1.165, 1.54) is 18.9 Å². The van der Waals surface area contributed by atoms with Crippen LogP contribution in [0.5, 0.6) is 11.5 Å². The van der Waals surface area contributed by atoms with Crippen LogP contribution in [-0.4, -0.2) is 37.4 Å². The van der Waals surface area contributed by atoms with Gasteiger partial charge in [0, 0.05) is 11.1 Å². The highest BCUT2D eigenvalue weighted by molar-refractivity contribution is 5.99. The third kappa shape index (κ3) is 3.76. The van der Waals surface area contributed by atoms with Gasteiger partial charge in [-0.25, -0.2) is 0 Å². The molecule has 27 heavy (non-hydrogen) atoms. The fraction of sp³-hybridized carbons (Fsp3) is 0.250. The van der Waals surface area contributed by atoms with Crippen LogP contribution in [0.2, 0.25) is 0 Å². The number of carbonyl (C=O) groups excluding carboxylic acids is 3. The summed E-state index contributed by atoms with van der Waals surface area (Å²) in [5.74, 6) is -0.0574. The van der Waals surface area contributed by atoms with Crippen molar-refractivity contribution in [2.24, 2.45) is 5.73 Å². The van der Waals surface area contributed by atoms with Crippen LogP contribution >= 0.6 is 0 Å². The molecule has 1 aliphatic heterocycles. The average Bonchev–Trinajstić information content (AvgIpc) is 2.66. The van der Waals surface area contributed by atoms with E-state index in [2.05, 4.69) is 0 Å². The number of ether oxygens (including phenoxy) is 2. The Bertz CT molecular complexity index is 909.